The Hall–Kier alpha value is -2.68. The van der Waals surface area contributed by atoms with Gasteiger partial charge in [0, 0.05) is 25.2 Å². The SMILES string of the molecule is Cc1nnc(CNC(=NCc2ccnn2C)NCc2cccs2)n1C. The van der Waals surface area contributed by atoms with Crippen LogP contribution in [0.25, 0.3) is 0 Å². The van der Waals surface area contributed by atoms with Crippen LogP contribution in [0.5, 0.6) is 0 Å². The van der Waals surface area contributed by atoms with Crippen molar-refractivity contribution in [2.24, 2.45) is 19.1 Å². The lowest BCUT2D eigenvalue weighted by atomic mass is 10.4. The second-order valence-corrected chi connectivity index (χ2v) is 6.65. The molecular weight excluding hydrogens is 336 g/mol. The van der Waals surface area contributed by atoms with Crippen molar-refractivity contribution < 1.29 is 0 Å². The Morgan fingerprint density at radius 1 is 1.20 bits per heavy atom. The lowest BCUT2D eigenvalue weighted by Crippen LogP contribution is -2.37. The maximum atomic E-state index is 4.66. The first-order valence-corrected chi connectivity index (χ1v) is 8.88. The molecule has 0 amide bonds. The molecule has 0 aliphatic heterocycles. The Balaban J connectivity index is 1.66. The summed E-state index contributed by atoms with van der Waals surface area (Å²) in [4.78, 5) is 5.91. The van der Waals surface area contributed by atoms with Crippen LogP contribution in [0, 0.1) is 6.92 Å². The van der Waals surface area contributed by atoms with E-state index < -0.39 is 0 Å². The summed E-state index contributed by atoms with van der Waals surface area (Å²) in [6.45, 7) is 3.77. The van der Waals surface area contributed by atoms with Crippen molar-refractivity contribution >= 4 is 17.3 Å². The van der Waals surface area contributed by atoms with Crippen LogP contribution in [0.15, 0.2) is 34.8 Å². The van der Waals surface area contributed by atoms with Gasteiger partial charge in [-0.1, -0.05) is 6.07 Å². The number of guanidine groups is 1. The molecule has 0 radical (unpaired) electrons. The van der Waals surface area contributed by atoms with Crippen LogP contribution in [0.4, 0.5) is 0 Å². The fraction of sp³-hybridized carbons (Fsp3) is 0.375. The monoisotopic (exact) mass is 358 g/mol. The van der Waals surface area contributed by atoms with Crippen LogP contribution in [0.3, 0.4) is 0 Å². The minimum Gasteiger partial charge on any atom is -0.351 e. The molecule has 3 aromatic rings. The van der Waals surface area contributed by atoms with Gasteiger partial charge in [-0.25, -0.2) is 4.99 Å². The van der Waals surface area contributed by atoms with Crippen molar-refractivity contribution in [1.29, 1.82) is 0 Å². The predicted molar refractivity (Wildman–Crippen MR) is 98.1 cm³/mol. The zero-order valence-corrected chi connectivity index (χ0v) is 15.4. The number of thiophene rings is 1. The van der Waals surface area contributed by atoms with E-state index >= 15 is 0 Å². The van der Waals surface area contributed by atoms with Gasteiger partial charge in [0.25, 0.3) is 0 Å². The lowest BCUT2D eigenvalue weighted by Gasteiger charge is -2.12. The van der Waals surface area contributed by atoms with Crippen molar-refractivity contribution in [3.8, 4) is 0 Å². The van der Waals surface area contributed by atoms with Crippen LogP contribution < -0.4 is 10.6 Å². The van der Waals surface area contributed by atoms with E-state index in [1.54, 1.807) is 17.5 Å². The van der Waals surface area contributed by atoms with Crippen molar-refractivity contribution in [1.82, 2.24) is 35.2 Å². The Morgan fingerprint density at radius 3 is 2.68 bits per heavy atom. The maximum Gasteiger partial charge on any atom is 0.192 e. The summed E-state index contributed by atoms with van der Waals surface area (Å²) in [5.41, 5.74) is 1.05. The van der Waals surface area contributed by atoms with Gasteiger partial charge in [0.2, 0.25) is 0 Å². The first-order chi connectivity index (χ1) is 12.1. The molecule has 3 rings (SSSR count). The first-order valence-electron chi connectivity index (χ1n) is 8.00. The quantitative estimate of drug-likeness (QED) is 0.513. The van der Waals surface area contributed by atoms with E-state index in [9.17, 15) is 0 Å². The standard InChI is InChI=1S/C16H22N8S/c1-12-21-22-15(23(12)2)11-19-16(18-10-14-5-4-8-25-14)17-9-13-6-7-20-24(13)3/h4-8H,9-11H2,1-3H3,(H2,17,18,19). The number of nitrogens with one attached hydrogen (secondary N) is 2. The summed E-state index contributed by atoms with van der Waals surface area (Å²) in [6.07, 6.45) is 1.78. The summed E-state index contributed by atoms with van der Waals surface area (Å²) < 4.78 is 3.79. The highest BCUT2D eigenvalue weighted by atomic mass is 32.1. The second-order valence-electron chi connectivity index (χ2n) is 5.62. The van der Waals surface area contributed by atoms with E-state index in [1.165, 1.54) is 4.88 Å². The number of aryl methyl sites for hydroxylation is 2. The van der Waals surface area contributed by atoms with Crippen LogP contribution in [0.1, 0.15) is 22.2 Å². The van der Waals surface area contributed by atoms with E-state index in [0.717, 1.165) is 29.8 Å². The zero-order chi connectivity index (χ0) is 17.6. The smallest absolute Gasteiger partial charge is 0.192 e. The van der Waals surface area contributed by atoms with Crippen LogP contribution in [0.2, 0.25) is 0 Å². The Labute approximate surface area is 150 Å². The molecule has 0 aliphatic rings. The molecule has 0 atom stereocenters. The van der Waals surface area contributed by atoms with E-state index in [1.807, 2.05) is 42.4 Å². The van der Waals surface area contributed by atoms with E-state index in [-0.39, 0.29) is 0 Å². The third-order valence-corrected chi connectivity index (χ3v) is 4.80. The molecule has 0 unspecified atom stereocenters. The zero-order valence-electron chi connectivity index (χ0n) is 14.6. The van der Waals surface area contributed by atoms with Gasteiger partial charge in [-0.2, -0.15) is 5.10 Å². The average molecular weight is 358 g/mol. The van der Waals surface area contributed by atoms with Crippen molar-refractivity contribution in [3.05, 3.63) is 52.0 Å². The minimum absolute atomic E-state index is 0.550. The molecule has 0 fully saturated rings. The molecule has 2 N–H and O–H groups in total. The van der Waals surface area contributed by atoms with Gasteiger partial charge in [-0.3, -0.25) is 4.68 Å². The maximum absolute atomic E-state index is 4.66. The van der Waals surface area contributed by atoms with Crippen LogP contribution in [-0.2, 0) is 33.7 Å². The third kappa shape index (κ3) is 4.44. The largest absolute Gasteiger partial charge is 0.351 e. The van der Waals surface area contributed by atoms with Gasteiger partial charge in [-0.15, -0.1) is 21.5 Å². The Morgan fingerprint density at radius 2 is 2.04 bits per heavy atom. The predicted octanol–water partition coefficient (Wildman–Crippen LogP) is 1.35. The lowest BCUT2D eigenvalue weighted by molar-refractivity contribution is 0.696. The topological polar surface area (TPSA) is 85.0 Å². The molecule has 8 nitrogen and oxygen atoms in total. The number of rotatable bonds is 6. The fourth-order valence-corrected chi connectivity index (χ4v) is 2.89. The fourth-order valence-electron chi connectivity index (χ4n) is 2.24. The van der Waals surface area contributed by atoms with E-state index in [4.69, 9.17) is 0 Å². The number of hydrogen-bond acceptors (Lipinski definition) is 5. The first kappa shape index (κ1) is 17.2. The molecule has 132 valence electrons. The second kappa shape index (κ2) is 7.93. The summed E-state index contributed by atoms with van der Waals surface area (Å²) in [5.74, 6) is 2.48. The minimum atomic E-state index is 0.550. The Bertz CT molecular complexity index is 830. The van der Waals surface area contributed by atoms with Gasteiger partial charge in [0.05, 0.1) is 25.3 Å². The van der Waals surface area contributed by atoms with Crippen molar-refractivity contribution in [2.45, 2.75) is 26.6 Å². The van der Waals surface area contributed by atoms with Crippen LogP contribution in [-0.4, -0.2) is 30.5 Å². The molecule has 0 saturated heterocycles. The highest BCUT2D eigenvalue weighted by Crippen LogP contribution is 2.07. The molecule has 0 bridgehead atoms. The number of hydrogen-bond donors (Lipinski definition) is 2. The van der Waals surface area contributed by atoms with Gasteiger partial charge in [0.1, 0.15) is 5.82 Å². The van der Waals surface area contributed by atoms with Gasteiger partial charge in [-0.05, 0) is 24.4 Å². The summed E-state index contributed by atoms with van der Waals surface area (Å²) >= 11 is 1.72. The summed E-state index contributed by atoms with van der Waals surface area (Å²) in [7, 11) is 3.87. The average Bonchev–Trinajstić information content (AvgIpc) is 3.33. The summed E-state index contributed by atoms with van der Waals surface area (Å²) in [6, 6.07) is 6.11. The third-order valence-electron chi connectivity index (χ3n) is 3.93. The normalized spacial score (nSPS) is 11.7. The Kier molecular flexibility index (Phi) is 5.44. The van der Waals surface area contributed by atoms with E-state index in [0.29, 0.717) is 13.1 Å². The van der Waals surface area contributed by atoms with Gasteiger partial charge < -0.3 is 15.2 Å². The number of aromatic nitrogens is 5. The van der Waals surface area contributed by atoms with Crippen LogP contribution >= 0.6 is 11.3 Å². The van der Waals surface area contributed by atoms with Gasteiger partial charge in [0.15, 0.2) is 11.8 Å². The molecule has 9 heteroatoms. The molecule has 3 aromatic heterocycles. The number of aliphatic imine (C=N–C) groups is 1. The highest BCUT2D eigenvalue weighted by molar-refractivity contribution is 7.09. The molecule has 0 saturated carbocycles. The number of nitrogens with zero attached hydrogens (tertiary/aromatic N) is 6. The van der Waals surface area contributed by atoms with E-state index in [2.05, 4.69) is 42.4 Å². The molecule has 0 aromatic carbocycles. The van der Waals surface area contributed by atoms with Gasteiger partial charge >= 0.3 is 0 Å². The highest BCUT2D eigenvalue weighted by Gasteiger charge is 2.07. The summed E-state index contributed by atoms with van der Waals surface area (Å²) in [5, 5.41) is 21.2. The van der Waals surface area contributed by atoms with Crippen molar-refractivity contribution in [2.75, 3.05) is 0 Å². The van der Waals surface area contributed by atoms with Crippen molar-refractivity contribution in [3.63, 3.8) is 0 Å². The molecular formula is C16H22N8S. The molecule has 3 heterocycles. The molecule has 25 heavy (non-hydrogen) atoms. The molecule has 0 spiro atoms. The molecule has 0 aliphatic carbocycles.